The van der Waals surface area contributed by atoms with E-state index in [1.165, 1.54) is 16.5 Å². The highest BCUT2D eigenvalue weighted by atomic mass is 16.3. The largest absolute Gasteiger partial charge is 0.456 e. The molecule has 0 atom stereocenters. The van der Waals surface area contributed by atoms with Crippen LogP contribution in [0.3, 0.4) is 0 Å². The zero-order chi connectivity index (χ0) is 39.3. The maximum Gasteiger partial charge on any atom is 0.147 e. The fourth-order valence-corrected chi connectivity index (χ4v) is 9.29. The van der Waals surface area contributed by atoms with Crippen molar-refractivity contribution in [3.63, 3.8) is 0 Å². The quantitative estimate of drug-likeness (QED) is 0.175. The van der Waals surface area contributed by atoms with Crippen molar-refractivity contribution < 1.29 is 13.3 Å². The molecule has 3 heterocycles. The number of rotatable bonds is 5. The van der Waals surface area contributed by atoms with Crippen LogP contribution in [0.4, 0.5) is 17.1 Å². The molecule has 0 fully saturated rings. The maximum absolute atomic E-state index is 6.64. The van der Waals surface area contributed by atoms with Crippen LogP contribution in [0.15, 0.2) is 213 Å². The molecule has 0 saturated heterocycles. The van der Waals surface area contributed by atoms with E-state index in [-0.39, 0.29) is 0 Å². The van der Waals surface area contributed by atoms with Gasteiger partial charge in [-0.3, -0.25) is 0 Å². The molecule has 60 heavy (non-hydrogen) atoms. The van der Waals surface area contributed by atoms with E-state index in [0.717, 1.165) is 110 Å². The first-order chi connectivity index (χ1) is 29.7. The predicted octanol–water partition coefficient (Wildman–Crippen LogP) is 16.5. The second kappa shape index (κ2) is 12.7. The third-order valence-electron chi connectivity index (χ3n) is 12.2. The Kier molecular flexibility index (Phi) is 6.98. The topological polar surface area (TPSA) is 42.7 Å². The zero-order valence-corrected chi connectivity index (χ0v) is 32.2. The van der Waals surface area contributed by atoms with Gasteiger partial charge < -0.3 is 18.2 Å². The summed E-state index contributed by atoms with van der Waals surface area (Å²) in [5, 5.41) is 11.1. The van der Waals surface area contributed by atoms with Gasteiger partial charge in [-0.05, 0) is 117 Å². The average molecular weight is 768 g/mol. The molecule has 0 aliphatic rings. The number of hydrogen-bond donors (Lipinski definition) is 0. The van der Waals surface area contributed by atoms with Crippen LogP contribution >= 0.6 is 0 Å². The minimum Gasteiger partial charge on any atom is -0.456 e. The summed E-state index contributed by atoms with van der Waals surface area (Å²) in [5.74, 6) is 0. The first-order valence-electron chi connectivity index (χ1n) is 20.3. The fraction of sp³-hybridized carbons (Fsp3) is 0. The zero-order valence-electron chi connectivity index (χ0n) is 32.2. The Balaban J connectivity index is 0.942. The van der Waals surface area contributed by atoms with Gasteiger partial charge in [0, 0.05) is 49.6 Å². The van der Waals surface area contributed by atoms with Crippen molar-refractivity contribution >= 4 is 104 Å². The average Bonchev–Trinajstić information content (AvgIpc) is 3.99. The van der Waals surface area contributed by atoms with Gasteiger partial charge in [0.05, 0.1) is 5.39 Å². The molecule has 4 heteroatoms. The second-order valence-corrected chi connectivity index (χ2v) is 15.7. The molecule has 13 aromatic rings. The number of nitrogens with zero attached hydrogens (tertiary/aromatic N) is 1. The van der Waals surface area contributed by atoms with Crippen LogP contribution < -0.4 is 4.90 Å². The van der Waals surface area contributed by atoms with Gasteiger partial charge in [0.2, 0.25) is 0 Å². The van der Waals surface area contributed by atoms with Crippen molar-refractivity contribution in [1.29, 1.82) is 0 Å². The normalized spacial score (nSPS) is 12.0. The second-order valence-electron chi connectivity index (χ2n) is 15.7. The van der Waals surface area contributed by atoms with Crippen LogP contribution in [-0.4, -0.2) is 0 Å². The summed E-state index contributed by atoms with van der Waals surface area (Å²) in [7, 11) is 0. The summed E-state index contributed by atoms with van der Waals surface area (Å²) >= 11 is 0. The molecule has 0 spiro atoms. The SMILES string of the molecule is c1ccc(-c2ccc(N(c3ccc(-c4cccc5c4oc4ccccc45)cc3)c3ccc4cc5c(cc4c3)oc3ccc4c6cc7ccccc7cc6oc4c35)cc2)cc1. The number of para-hydroxylation sites is 2. The molecular weight excluding hydrogens is 735 g/mol. The summed E-state index contributed by atoms with van der Waals surface area (Å²) in [5.41, 5.74) is 12.9. The summed E-state index contributed by atoms with van der Waals surface area (Å²) in [6.45, 7) is 0. The van der Waals surface area contributed by atoms with Gasteiger partial charge in [0.15, 0.2) is 0 Å². The Bertz CT molecular complexity index is 3820. The maximum atomic E-state index is 6.64. The summed E-state index contributed by atoms with van der Waals surface area (Å²) in [6.07, 6.45) is 0. The molecule has 0 saturated carbocycles. The van der Waals surface area contributed by atoms with E-state index >= 15 is 0 Å². The van der Waals surface area contributed by atoms with Gasteiger partial charge in [-0.2, -0.15) is 0 Å². The Hall–Kier alpha value is -8.08. The van der Waals surface area contributed by atoms with E-state index in [1.54, 1.807) is 0 Å². The highest BCUT2D eigenvalue weighted by molar-refractivity contribution is 6.24. The molecule has 0 aliphatic heterocycles. The van der Waals surface area contributed by atoms with Crippen molar-refractivity contribution in [3.05, 3.63) is 200 Å². The smallest absolute Gasteiger partial charge is 0.147 e. The van der Waals surface area contributed by atoms with Crippen LogP contribution in [0, 0.1) is 0 Å². The molecule has 10 aromatic carbocycles. The van der Waals surface area contributed by atoms with Crippen LogP contribution in [-0.2, 0) is 0 Å². The van der Waals surface area contributed by atoms with Crippen molar-refractivity contribution in [3.8, 4) is 22.3 Å². The lowest BCUT2D eigenvalue weighted by Crippen LogP contribution is -2.09. The van der Waals surface area contributed by atoms with Gasteiger partial charge >= 0.3 is 0 Å². The highest BCUT2D eigenvalue weighted by Crippen LogP contribution is 2.44. The summed E-state index contributed by atoms with van der Waals surface area (Å²) in [4.78, 5) is 2.32. The van der Waals surface area contributed by atoms with E-state index in [0.29, 0.717) is 0 Å². The molecule has 0 radical (unpaired) electrons. The molecule has 0 aliphatic carbocycles. The number of fused-ring (bicyclic) bond motifs is 12. The molecule has 0 unspecified atom stereocenters. The molecule has 13 rings (SSSR count). The summed E-state index contributed by atoms with van der Waals surface area (Å²) in [6, 6.07) is 70.9. The van der Waals surface area contributed by atoms with Crippen molar-refractivity contribution in [1.82, 2.24) is 0 Å². The minimum atomic E-state index is 0.815. The molecule has 280 valence electrons. The number of furan rings is 3. The lowest BCUT2D eigenvalue weighted by molar-refractivity contribution is 0.663. The van der Waals surface area contributed by atoms with Crippen LogP contribution in [0.25, 0.3) is 110 Å². The van der Waals surface area contributed by atoms with E-state index in [9.17, 15) is 0 Å². The Morgan fingerprint density at radius 1 is 0.283 bits per heavy atom. The van der Waals surface area contributed by atoms with Crippen molar-refractivity contribution in [2.24, 2.45) is 0 Å². The van der Waals surface area contributed by atoms with Crippen LogP contribution in [0.5, 0.6) is 0 Å². The Morgan fingerprint density at radius 2 is 0.883 bits per heavy atom. The van der Waals surface area contributed by atoms with Gasteiger partial charge in [-0.1, -0.05) is 121 Å². The molecular formula is C56H33NO3. The first-order valence-corrected chi connectivity index (χ1v) is 20.3. The monoisotopic (exact) mass is 767 g/mol. The lowest BCUT2D eigenvalue weighted by atomic mass is 10.0. The van der Waals surface area contributed by atoms with Crippen molar-refractivity contribution in [2.75, 3.05) is 4.90 Å². The molecule has 4 nitrogen and oxygen atoms in total. The van der Waals surface area contributed by atoms with Crippen LogP contribution in [0.1, 0.15) is 0 Å². The van der Waals surface area contributed by atoms with E-state index in [2.05, 4.69) is 193 Å². The number of benzene rings is 10. The first kappa shape index (κ1) is 32.9. The van der Waals surface area contributed by atoms with E-state index in [1.807, 2.05) is 12.1 Å². The minimum absolute atomic E-state index is 0.815. The summed E-state index contributed by atoms with van der Waals surface area (Å²) < 4.78 is 19.6. The standard InChI is InChI=1S/C56H33NO3/c1-2-9-34(10-3-1)35-17-22-41(23-18-35)57(42-24-19-36(20-25-42)44-14-8-15-46-45-13-6-7-16-50(45)59-55(44)46)43-26-21-39-31-49-53(33-40(39)29-43)58-51-28-27-47-48-30-37-11-4-5-12-38(37)32-52(48)60-56(47)54(49)51/h1-33H. The van der Waals surface area contributed by atoms with E-state index < -0.39 is 0 Å². The van der Waals surface area contributed by atoms with Gasteiger partial charge in [-0.25, -0.2) is 0 Å². The van der Waals surface area contributed by atoms with Gasteiger partial charge in [0.1, 0.15) is 33.5 Å². The highest BCUT2D eigenvalue weighted by Gasteiger charge is 2.20. The third kappa shape index (κ3) is 5.04. The van der Waals surface area contributed by atoms with Crippen molar-refractivity contribution in [2.45, 2.75) is 0 Å². The molecule has 0 amide bonds. The predicted molar refractivity (Wildman–Crippen MR) is 249 cm³/mol. The Morgan fingerprint density at radius 3 is 1.72 bits per heavy atom. The number of anilines is 3. The molecule has 0 bridgehead atoms. The van der Waals surface area contributed by atoms with E-state index in [4.69, 9.17) is 13.3 Å². The van der Waals surface area contributed by atoms with Crippen LogP contribution in [0.2, 0.25) is 0 Å². The number of hydrogen-bond acceptors (Lipinski definition) is 4. The Labute approximate surface area is 343 Å². The molecule has 0 N–H and O–H groups in total. The fourth-order valence-electron chi connectivity index (χ4n) is 9.29. The van der Waals surface area contributed by atoms with Gasteiger partial charge in [0.25, 0.3) is 0 Å². The van der Waals surface area contributed by atoms with Gasteiger partial charge in [-0.15, -0.1) is 0 Å². The molecule has 3 aromatic heterocycles. The third-order valence-corrected chi connectivity index (χ3v) is 12.2. The lowest BCUT2D eigenvalue weighted by Gasteiger charge is -2.26.